The molecule has 0 aliphatic rings. The van der Waals surface area contributed by atoms with E-state index in [1.807, 2.05) is 0 Å². The van der Waals surface area contributed by atoms with Gasteiger partial charge in [0.25, 0.3) is 0 Å². The molecule has 0 spiro atoms. The summed E-state index contributed by atoms with van der Waals surface area (Å²) in [6, 6.07) is 2.59. The molecule has 1 atom stereocenters. The highest BCUT2D eigenvalue weighted by atomic mass is 16.5. The van der Waals surface area contributed by atoms with Gasteiger partial charge >= 0.3 is 0 Å². The Morgan fingerprint density at radius 3 is 2.67 bits per heavy atom. The maximum Gasteiger partial charge on any atom is 0.122 e. The number of nitrogens with one attached hydrogen (secondary N) is 1. The Bertz CT molecular complexity index is 396. The molecule has 4 heteroatoms. The number of ether oxygens (including phenoxy) is 1. The maximum atomic E-state index is 5.71. The summed E-state index contributed by atoms with van der Waals surface area (Å²) in [7, 11) is 1.75. The second kappa shape index (κ2) is 8.57. The van der Waals surface area contributed by atoms with Crippen LogP contribution in [-0.2, 0) is 17.8 Å². The SMILES string of the molecule is CCC(C)N(CCOC)Cc1occc1CNC(C)(C)C. The normalized spacial score (nSPS) is 13.9. The molecule has 0 radical (unpaired) electrons. The first-order valence-electron chi connectivity index (χ1n) is 7.90. The number of methoxy groups -OCH3 is 1. The lowest BCUT2D eigenvalue weighted by atomic mass is 10.1. The predicted octanol–water partition coefficient (Wildman–Crippen LogP) is 3.41. The molecule has 0 bridgehead atoms. The molecule has 0 amide bonds. The van der Waals surface area contributed by atoms with Gasteiger partial charge in [0.2, 0.25) is 0 Å². The highest BCUT2D eigenvalue weighted by Gasteiger charge is 2.17. The molecule has 0 aliphatic heterocycles. The fraction of sp³-hybridized carbons (Fsp3) is 0.765. The Morgan fingerprint density at radius 1 is 1.38 bits per heavy atom. The van der Waals surface area contributed by atoms with Crippen molar-refractivity contribution in [1.82, 2.24) is 10.2 Å². The largest absolute Gasteiger partial charge is 0.468 e. The summed E-state index contributed by atoms with van der Waals surface area (Å²) in [5, 5.41) is 3.52. The van der Waals surface area contributed by atoms with Gasteiger partial charge in [0.15, 0.2) is 0 Å². The predicted molar refractivity (Wildman–Crippen MR) is 87.3 cm³/mol. The fourth-order valence-electron chi connectivity index (χ4n) is 2.13. The monoisotopic (exact) mass is 296 g/mol. The summed E-state index contributed by atoms with van der Waals surface area (Å²) in [6.45, 7) is 14.4. The smallest absolute Gasteiger partial charge is 0.122 e. The molecule has 4 nitrogen and oxygen atoms in total. The van der Waals surface area contributed by atoms with Crippen LogP contribution in [0.3, 0.4) is 0 Å². The lowest BCUT2D eigenvalue weighted by Crippen LogP contribution is -2.36. The van der Waals surface area contributed by atoms with Crippen molar-refractivity contribution in [2.45, 2.75) is 65.7 Å². The van der Waals surface area contributed by atoms with E-state index in [0.29, 0.717) is 6.04 Å². The second-order valence-electron chi connectivity index (χ2n) is 6.69. The van der Waals surface area contributed by atoms with Gasteiger partial charge in [-0.3, -0.25) is 4.90 Å². The highest BCUT2D eigenvalue weighted by molar-refractivity contribution is 5.17. The van der Waals surface area contributed by atoms with Crippen molar-refractivity contribution < 1.29 is 9.15 Å². The lowest BCUT2D eigenvalue weighted by Gasteiger charge is -2.28. The minimum Gasteiger partial charge on any atom is -0.468 e. The van der Waals surface area contributed by atoms with Crippen LogP contribution in [-0.4, -0.2) is 36.7 Å². The van der Waals surface area contributed by atoms with Crippen LogP contribution in [0.1, 0.15) is 52.4 Å². The first kappa shape index (κ1) is 18.2. The van der Waals surface area contributed by atoms with E-state index in [1.54, 1.807) is 13.4 Å². The zero-order chi connectivity index (χ0) is 15.9. The third-order valence-electron chi connectivity index (χ3n) is 3.79. The van der Waals surface area contributed by atoms with Crippen molar-refractivity contribution in [2.75, 3.05) is 20.3 Å². The van der Waals surface area contributed by atoms with Gasteiger partial charge in [0, 0.05) is 37.3 Å². The topological polar surface area (TPSA) is 37.6 Å². The standard InChI is InChI=1S/C17H32N2O2/c1-7-14(2)19(9-11-20-6)13-16-15(8-10-21-16)12-18-17(3,4)5/h8,10,14,18H,7,9,11-13H2,1-6H3. The van der Waals surface area contributed by atoms with Crippen molar-refractivity contribution >= 4 is 0 Å². The van der Waals surface area contributed by atoms with Crippen LogP contribution in [0.4, 0.5) is 0 Å². The van der Waals surface area contributed by atoms with Gasteiger partial charge < -0.3 is 14.5 Å². The van der Waals surface area contributed by atoms with E-state index < -0.39 is 0 Å². The van der Waals surface area contributed by atoms with Gasteiger partial charge in [0.1, 0.15) is 5.76 Å². The lowest BCUT2D eigenvalue weighted by molar-refractivity contribution is 0.112. The number of rotatable bonds is 9. The molecular weight excluding hydrogens is 264 g/mol. The molecule has 1 rings (SSSR count). The van der Waals surface area contributed by atoms with E-state index in [9.17, 15) is 0 Å². The third-order valence-corrected chi connectivity index (χ3v) is 3.79. The molecule has 1 heterocycles. The average Bonchev–Trinajstić information content (AvgIpc) is 2.86. The summed E-state index contributed by atoms with van der Waals surface area (Å²) < 4.78 is 10.9. The Kier molecular flexibility index (Phi) is 7.43. The molecule has 0 saturated heterocycles. The van der Waals surface area contributed by atoms with Gasteiger partial charge in [-0.2, -0.15) is 0 Å². The minimum absolute atomic E-state index is 0.112. The average molecular weight is 296 g/mol. The van der Waals surface area contributed by atoms with Crippen molar-refractivity contribution in [2.24, 2.45) is 0 Å². The van der Waals surface area contributed by atoms with E-state index in [4.69, 9.17) is 9.15 Å². The quantitative estimate of drug-likeness (QED) is 0.758. The molecule has 0 aliphatic carbocycles. The summed E-state index contributed by atoms with van der Waals surface area (Å²) in [5.74, 6) is 1.06. The van der Waals surface area contributed by atoms with Crippen molar-refractivity contribution in [1.29, 1.82) is 0 Å². The van der Waals surface area contributed by atoms with Crippen LogP contribution in [0.5, 0.6) is 0 Å². The molecule has 1 N–H and O–H groups in total. The van der Waals surface area contributed by atoms with Crippen LogP contribution in [0.25, 0.3) is 0 Å². The van der Waals surface area contributed by atoms with Crippen LogP contribution in [0.15, 0.2) is 16.7 Å². The summed E-state index contributed by atoms with van der Waals surface area (Å²) in [4.78, 5) is 2.42. The molecule has 0 fully saturated rings. The molecule has 1 aromatic rings. The molecular formula is C17H32N2O2. The van der Waals surface area contributed by atoms with Crippen LogP contribution in [0, 0.1) is 0 Å². The zero-order valence-electron chi connectivity index (χ0n) is 14.5. The van der Waals surface area contributed by atoms with E-state index in [0.717, 1.165) is 38.4 Å². The molecule has 122 valence electrons. The van der Waals surface area contributed by atoms with Crippen LogP contribution >= 0.6 is 0 Å². The van der Waals surface area contributed by atoms with E-state index in [-0.39, 0.29) is 5.54 Å². The molecule has 0 aromatic carbocycles. The second-order valence-corrected chi connectivity index (χ2v) is 6.69. The van der Waals surface area contributed by atoms with Gasteiger partial charge in [-0.1, -0.05) is 6.92 Å². The molecule has 21 heavy (non-hydrogen) atoms. The van der Waals surface area contributed by atoms with Crippen molar-refractivity contribution in [3.05, 3.63) is 23.7 Å². The number of nitrogens with zero attached hydrogens (tertiary/aromatic N) is 1. The molecule has 1 aromatic heterocycles. The zero-order valence-corrected chi connectivity index (χ0v) is 14.5. The Balaban J connectivity index is 2.68. The third kappa shape index (κ3) is 6.64. The number of hydrogen-bond acceptors (Lipinski definition) is 4. The van der Waals surface area contributed by atoms with E-state index >= 15 is 0 Å². The first-order valence-corrected chi connectivity index (χ1v) is 7.90. The van der Waals surface area contributed by atoms with Gasteiger partial charge in [-0.25, -0.2) is 0 Å². The number of furan rings is 1. The van der Waals surface area contributed by atoms with Gasteiger partial charge in [-0.15, -0.1) is 0 Å². The van der Waals surface area contributed by atoms with E-state index in [1.165, 1.54) is 5.56 Å². The van der Waals surface area contributed by atoms with Gasteiger partial charge in [0.05, 0.1) is 19.4 Å². The van der Waals surface area contributed by atoms with Crippen LogP contribution in [0.2, 0.25) is 0 Å². The summed E-state index contributed by atoms with van der Waals surface area (Å²) in [6.07, 6.45) is 2.92. The van der Waals surface area contributed by atoms with E-state index in [2.05, 4.69) is 50.9 Å². The van der Waals surface area contributed by atoms with Crippen molar-refractivity contribution in [3.8, 4) is 0 Å². The summed E-state index contributed by atoms with van der Waals surface area (Å²) in [5.41, 5.74) is 1.36. The Morgan fingerprint density at radius 2 is 2.10 bits per heavy atom. The minimum atomic E-state index is 0.112. The maximum absolute atomic E-state index is 5.71. The summed E-state index contributed by atoms with van der Waals surface area (Å²) >= 11 is 0. The molecule has 1 unspecified atom stereocenters. The van der Waals surface area contributed by atoms with Crippen molar-refractivity contribution in [3.63, 3.8) is 0 Å². The number of hydrogen-bond donors (Lipinski definition) is 1. The first-order chi connectivity index (χ1) is 9.87. The van der Waals surface area contributed by atoms with Crippen LogP contribution < -0.4 is 5.32 Å². The Hall–Kier alpha value is -0.840. The fourth-order valence-corrected chi connectivity index (χ4v) is 2.13. The highest BCUT2D eigenvalue weighted by Crippen LogP contribution is 2.17. The Labute approximate surface area is 129 Å². The molecule has 0 saturated carbocycles. The van der Waals surface area contributed by atoms with Gasteiger partial charge in [-0.05, 0) is 40.2 Å².